The largest absolute Gasteiger partial charge is 0.380 e. The zero-order chi connectivity index (χ0) is 11.4. The van der Waals surface area contributed by atoms with Crippen molar-refractivity contribution in [2.45, 2.75) is 18.4 Å². The highest BCUT2D eigenvalue weighted by Crippen LogP contribution is 2.21. The second kappa shape index (κ2) is 5.41. The predicted molar refractivity (Wildman–Crippen MR) is 74.6 cm³/mol. The molecule has 0 saturated carbocycles. The number of benzene rings is 1. The van der Waals surface area contributed by atoms with Gasteiger partial charge in [-0.1, -0.05) is 6.07 Å². The van der Waals surface area contributed by atoms with Crippen molar-refractivity contribution < 1.29 is 0 Å². The molecule has 16 heavy (non-hydrogen) atoms. The first-order valence-electron chi connectivity index (χ1n) is 5.20. The van der Waals surface area contributed by atoms with Gasteiger partial charge in [0.05, 0.1) is 0 Å². The van der Waals surface area contributed by atoms with E-state index >= 15 is 0 Å². The molecular formula is C13H15NS2. The van der Waals surface area contributed by atoms with Gasteiger partial charge >= 0.3 is 0 Å². The number of thioether (sulfide) groups is 1. The van der Waals surface area contributed by atoms with Gasteiger partial charge in [-0.15, -0.1) is 23.1 Å². The summed E-state index contributed by atoms with van der Waals surface area (Å²) in [6.07, 6.45) is 2.10. The van der Waals surface area contributed by atoms with Crippen molar-refractivity contribution in [3.63, 3.8) is 0 Å². The van der Waals surface area contributed by atoms with Gasteiger partial charge in [-0.05, 0) is 48.4 Å². The van der Waals surface area contributed by atoms with E-state index in [1.54, 1.807) is 11.8 Å². The highest BCUT2D eigenvalue weighted by atomic mass is 32.2. The van der Waals surface area contributed by atoms with Crippen LogP contribution in [0.3, 0.4) is 0 Å². The average molecular weight is 249 g/mol. The van der Waals surface area contributed by atoms with Crippen LogP contribution in [-0.2, 0) is 6.54 Å². The molecule has 0 aliphatic heterocycles. The molecule has 0 fully saturated rings. The van der Waals surface area contributed by atoms with Crippen LogP contribution in [0.15, 0.2) is 40.6 Å². The summed E-state index contributed by atoms with van der Waals surface area (Å²) in [5.41, 5.74) is 2.57. The van der Waals surface area contributed by atoms with E-state index in [0.29, 0.717) is 0 Å². The van der Waals surface area contributed by atoms with Crippen LogP contribution in [-0.4, -0.2) is 6.26 Å². The van der Waals surface area contributed by atoms with Gasteiger partial charge < -0.3 is 5.32 Å². The van der Waals surface area contributed by atoms with Crippen LogP contribution in [0.4, 0.5) is 5.69 Å². The van der Waals surface area contributed by atoms with Gasteiger partial charge in [-0.2, -0.15) is 0 Å². The van der Waals surface area contributed by atoms with E-state index in [-0.39, 0.29) is 0 Å². The van der Waals surface area contributed by atoms with E-state index < -0.39 is 0 Å². The normalized spacial score (nSPS) is 10.4. The van der Waals surface area contributed by atoms with E-state index in [1.807, 2.05) is 11.3 Å². The molecule has 0 aliphatic carbocycles. The van der Waals surface area contributed by atoms with Crippen molar-refractivity contribution in [2.75, 3.05) is 11.6 Å². The molecule has 84 valence electrons. The molecule has 1 N–H and O–H groups in total. The van der Waals surface area contributed by atoms with Crippen LogP contribution in [0.25, 0.3) is 0 Å². The highest BCUT2D eigenvalue weighted by molar-refractivity contribution is 7.98. The van der Waals surface area contributed by atoms with Crippen molar-refractivity contribution >= 4 is 28.8 Å². The highest BCUT2D eigenvalue weighted by Gasteiger charge is 1.99. The lowest BCUT2D eigenvalue weighted by atomic mass is 10.2. The van der Waals surface area contributed by atoms with Crippen LogP contribution in [0.5, 0.6) is 0 Å². The monoisotopic (exact) mass is 249 g/mol. The Morgan fingerprint density at radius 2 is 2.19 bits per heavy atom. The van der Waals surface area contributed by atoms with Crippen LogP contribution in [0.1, 0.15) is 10.4 Å². The second-order valence-corrected chi connectivity index (χ2v) is 5.49. The quantitative estimate of drug-likeness (QED) is 0.806. The molecule has 1 aromatic carbocycles. The molecule has 3 heteroatoms. The topological polar surface area (TPSA) is 12.0 Å². The third-order valence-electron chi connectivity index (χ3n) is 2.49. The lowest BCUT2D eigenvalue weighted by molar-refractivity contribution is 1.16. The summed E-state index contributed by atoms with van der Waals surface area (Å²) in [4.78, 5) is 2.71. The summed E-state index contributed by atoms with van der Waals surface area (Å²) in [5.74, 6) is 0. The first kappa shape index (κ1) is 11.6. The van der Waals surface area contributed by atoms with Crippen molar-refractivity contribution in [3.05, 3.63) is 46.2 Å². The minimum absolute atomic E-state index is 0.918. The summed E-state index contributed by atoms with van der Waals surface area (Å²) >= 11 is 3.58. The van der Waals surface area contributed by atoms with Gasteiger partial charge in [0, 0.05) is 22.0 Å². The first-order valence-corrected chi connectivity index (χ1v) is 7.31. The Kier molecular flexibility index (Phi) is 3.91. The second-order valence-electron chi connectivity index (χ2n) is 3.61. The molecule has 1 nitrogen and oxygen atoms in total. The fourth-order valence-corrected chi connectivity index (χ4v) is 2.81. The van der Waals surface area contributed by atoms with Crippen molar-refractivity contribution in [3.8, 4) is 0 Å². The molecule has 0 radical (unpaired) electrons. The van der Waals surface area contributed by atoms with E-state index in [1.165, 1.54) is 21.0 Å². The maximum Gasteiger partial charge on any atom is 0.0496 e. The van der Waals surface area contributed by atoms with Gasteiger partial charge in [0.1, 0.15) is 0 Å². The third-order valence-corrected chi connectivity index (χ3v) is 4.24. The maximum absolute atomic E-state index is 3.46. The number of hydrogen-bond acceptors (Lipinski definition) is 3. The van der Waals surface area contributed by atoms with Crippen molar-refractivity contribution in [2.24, 2.45) is 0 Å². The number of thiophene rings is 1. The standard InChI is InChI=1S/C13H15NS2/c1-10-6-7-16-13(10)9-14-11-4-3-5-12(8-11)15-2/h3-8,14H,9H2,1-2H3. The molecule has 2 rings (SSSR count). The average Bonchev–Trinajstić information content (AvgIpc) is 2.72. The number of aryl methyl sites for hydroxylation is 1. The number of nitrogens with one attached hydrogen (secondary N) is 1. The SMILES string of the molecule is CSc1cccc(NCc2sccc2C)c1. The number of hydrogen-bond donors (Lipinski definition) is 1. The summed E-state index contributed by atoms with van der Waals surface area (Å²) in [5, 5.41) is 5.60. The molecule has 1 heterocycles. The van der Waals surface area contributed by atoms with Crippen molar-refractivity contribution in [1.29, 1.82) is 0 Å². The van der Waals surface area contributed by atoms with Gasteiger partial charge in [0.15, 0.2) is 0 Å². The Labute approximate surface area is 105 Å². The molecule has 0 unspecified atom stereocenters. The lowest BCUT2D eigenvalue weighted by Crippen LogP contribution is -1.98. The van der Waals surface area contributed by atoms with E-state index in [4.69, 9.17) is 0 Å². The fourth-order valence-electron chi connectivity index (χ4n) is 1.50. The molecule has 0 bridgehead atoms. The van der Waals surface area contributed by atoms with Gasteiger partial charge in [0.25, 0.3) is 0 Å². The summed E-state index contributed by atoms with van der Waals surface area (Å²) in [6.45, 7) is 3.08. The first-order chi connectivity index (χ1) is 7.79. The van der Waals surface area contributed by atoms with Gasteiger partial charge in [-0.25, -0.2) is 0 Å². The van der Waals surface area contributed by atoms with E-state index in [0.717, 1.165) is 6.54 Å². The Morgan fingerprint density at radius 3 is 2.88 bits per heavy atom. The van der Waals surface area contributed by atoms with Gasteiger partial charge in [-0.3, -0.25) is 0 Å². The minimum Gasteiger partial charge on any atom is -0.380 e. The Balaban J connectivity index is 2.02. The summed E-state index contributed by atoms with van der Waals surface area (Å²) in [6, 6.07) is 10.7. The zero-order valence-corrected chi connectivity index (χ0v) is 11.1. The maximum atomic E-state index is 3.46. The van der Waals surface area contributed by atoms with Gasteiger partial charge in [0.2, 0.25) is 0 Å². The third kappa shape index (κ3) is 2.80. The molecule has 0 atom stereocenters. The fraction of sp³-hybridized carbons (Fsp3) is 0.231. The molecule has 0 spiro atoms. The molecule has 2 aromatic rings. The lowest BCUT2D eigenvalue weighted by Gasteiger charge is -2.07. The van der Waals surface area contributed by atoms with E-state index in [2.05, 4.69) is 54.2 Å². The summed E-state index contributed by atoms with van der Waals surface area (Å²) < 4.78 is 0. The van der Waals surface area contributed by atoms with E-state index in [9.17, 15) is 0 Å². The molecule has 0 saturated heterocycles. The van der Waals surface area contributed by atoms with Crippen LogP contribution in [0, 0.1) is 6.92 Å². The molecule has 0 aliphatic rings. The van der Waals surface area contributed by atoms with Crippen molar-refractivity contribution in [1.82, 2.24) is 0 Å². The Hall–Kier alpha value is -0.930. The molecule has 0 amide bonds. The van der Waals surface area contributed by atoms with Crippen LogP contribution >= 0.6 is 23.1 Å². The summed E-state index contributed by atoms with van der Waals surface area (Å²) in [7, 11) is 0. The molecule has 1 aromatic heterocycles. The zero-order valence-electron chi connectivity index (χ0n) is 9.49. The predicted octanol–water partition coefficient (Wildman–Crippen LogP) is 4.39. The minimum atomic E-state index is 0.918. The van der Waals surface area contributed by atoms with Crippen LogP contribution in [0.2, 0.25) is 0 Å². The van der Waals surface area contributed by atoms with Crippen LogP contribution < -0.4 is 5.32 Å². The molecular weight excluding hydrogens is 234 g/mol. The Bertz CT molecular complexity index is 462. The number of anilines is 1. The number of rotatable bonds is 4. The Morgan fingerprint density at radius 1 is 1.31 bits per heavy atom. The smallest absolute Gasteiger partial charge is 0.0496 e.